The third-order valence-electron chi connectivity index (χ3n) is 2.19. The Morgan fingerprint density at radius 1 is 1.42 bits per heavy atom. The zero-order valence-electron chi connectivity index (χ0n) is 10.3. The summed E-state index contributed by atoms with van der Waals surface area (Å²) in [7, 11) is 0. The molecule has 7 heteroatoms. The number of thioether (sulfide) groups is 1. The number of nitrogens with two attached hydrogens (primary N) is 1. The summed E-state index contributed by atoms with van der Waals surface area (Å²) in [4.78, 5) is 0. The summed E-state index contributed by atoms with van der Waals surface area (Å²) < 4.78 is 41.3. The van der Waals surface area contributed by atoms with Crippen molar-refractivity contribution in [1.29, 1.82) is 0 Å². The predicted octanol–water partition coefficient (Wildman–Crippen LogP) is 3.86. The molecule has 1 aromatic carbocycles. The molecule has 1 aromatic rings. The minimum Gasteiger partial charge on any atom is -0.491 e. The highest BCUT2D eigenvalue weighted by molar-refractivity contribution is 8.00. The van der Waals surface area contributed by atoms with Gasteiger partial charge >= 0.3 is 5.51 Å². The van der Waals surface area contributed by atoms with Crippen LogP contribution in [0.3, 0.4) is 0 Å². The molecule has 0 bridgehead atoms. The molecule has 0 saturated carbocycles. The van der Waals surface area contributed by atoms with Gasteiger partial charge in [-0.05, 0) is 36.7 Å². The molecule has 0 saturated heterocycles. The van der Waals surface area contributed by atoms with Crippen molar-refractivity contribution in [2.45, 2.75) is 24.9 Å². The monoisotopic (exact) mass is 313 g/mol. The Hall–Kier alpha value is -0.590. The molecule has 108 valence electrons. The summed E-state index contributed by atoms with van der Waals surface area (Å²) in [5.74, 6) is 0.246. The van der Waals surface area contributed by atoms with Gasteiger partial charge in [-0.25, -0.2) is 0 Å². The van der Waals surface area contributed by atoms with Crippen molar-refractivity contribution >= 4 is 23.4 Å². The van der Waals surface area contributed by atoms with Gasteiger partial charge in [0.1, 0.15) is 5.75 Å². The van der Waals surface area contributed by atoms with Crippen LogP contribution in [0.4, 0.5) is 13.2 Å². The van der Waals surface area contributed by atoms with E-state index in [2.05, 4.69) is 0 Å². The molecule has 19 heavy (non-hydrogen) atoms. The highest BCUT2D eigenvalue weighted by atomic mass is 35.5. The van der Waals surface area contributed by atoms with E-state index in [1.165, 1.54) is 0 Å². The van der Waals surface area contributed by atoms with Gasteiger partial charge in [0.25, 0.3) is 0 Å². The van der Waals surface area contributed by atoms with Crippen LogP contribution in [0.1, 0.15) is 12.5 Å². The van der Waals surface area contributed by atoms with Crippen LogP contribution in [-0.2, 0) is 6.42 Å². The first-order chi connectivity index (χ1) is 8.79. The van der Waals surface area contributed by atoms with Gasteiger partial charge in [-0.1, -0.05) is 23.7 Å². The number of halogens is 4. The summed E-state index contributed by atoms with van der Waals surface area (Å²) in [5.41, 5.74) is 2.27. The molecule has 2 nitrogen and oxygen atoms in total. The van der Waals surface area contributed by atoms with Crippen LogP contribution in [0.15, 0.2) is 18.2 Å². The molecule has 0 amide bonds. The lowest BCUT2D eigenvalue weighted by Crippen LogP contribution is -2.18. The van der Waals surface area contributed by atoms with Crippen molar-refractivity contribution in [2.24, 2.45) is 5.73 Å². The number of hydrogen-bond acceptors (Lipinski definition) is 3. The predicted molar refractivity (Wildman–Crippen MR) is 72.8 cm³/mol. The van der Waals surface area contributed by atoms with E-state index in [-0.39, 0.29) is 30.2 Å². The third-order valence-corrected chi connectivity index (χ3v) is 3.18. The molecule has 0 spiro atoms. The van der Waals surface area contributed by atoms with E-state index in [9.17, 15) is 13.2 Å². The fourth-order valence-corrected chi connectivity index (χ4v) is 2.17. The second-order valence-electron chi connectivity index (χ2n) is 4.05. The van der Waals surface area contributed by atoms with Crippen molar-refractivity contribution in [3.63, 3.8) is 0 Å². The van der Waals surface area contributed by atoms with Gasteiger partial charge in [-0.3, -0.25) is 0 Å². The maximum atomic E-state index is 12.0. The number of hydrogen-bond donors (Lipinski definition) is 1. The largest absolute Gasteiger partial charge is 0.491 e. The average molecular weight is 314 g/mol. The lowest BCUT2D eigenvalue weighted by Gasteiger charge is -2.14. The Morgan fingerprint density at radius 2 is 2.11 bits per heavy atom. The summed E-state index contributed by atoms with van der Waals surface area (Å²) in [6, 6.07) is 5.13. The number of para-hydroxylation sites is 1. The zero-order valence-corrected chi connectivity index (χ0v) is 11.9. The quantitative estimate of drug-likeness (QED) is 0.810. The van der Waals surface area contributed by atoms with E-state index >= 15 is 0 Å². The van der Waals surface area contributed by atoms with Crippen LogP contribution in [0, 0.1) is 0 Å². The molecule has 0 aliphatic heterocycles. The van der Waals surface area contributed by atoms with Crippen molar-refractivity contribution in [3.8, 4) is 5.75 Å². The molecule has 0 fully saturated rings. The smallest absolute Gasteiger partial charge is 0.441 e. The molecule has 1 atom stereocenters. The molecule has 0 radical (unpaired) electrons. The van der Waals surface area contributed by atoms with Crippen LogP contribution in [0.25, 0.3) is 0 Å². The molecule has 0 aromatic heterocycles. The van der Waals surface area contributed by atoms with Crippen LogP contribution in [0.5, 0.6) is 5.75 Å². The first-order valence-corrected chi connectivity index (χ1v) is 7.02. The van der Waals surface area contributed by atoms with E-state index < -0.39 is 5.51 Å². The minimum atomic E-state index is -4.24. The number of benzene rings is 1. The number of alkyl halides is 3. The van der Waals surface area contributed by atoms with Gasteiger partial charge in [0.2, 0.25) is 0 Å². The fraction of sp³-hybridized carbons (Fsp3) is 0.500. The molecule has 1 rings (SSSR count). The lowest BCUT2D eigenvalue weighted by atomic mass is 10.1. The van der Waals surface area contributed by atoms with E-state index in [1.54, 1.807) is 12.1 Å². The average Bonchev–Trinajstić information content (AvgIpc) is 2.25. The molecule has 0 heterocycles. The summed E-state index contributed by atoms with van der Waals surface area (Å²) >= 11 is 5.87. The highest BCUT2D eigenvalue weighted by Gasteiger charge is 2.27. The van der Waals surface area contributed by atoms with Crippen LogP contribution >= 0.6 is 23.4 Å². The van der Waals surface area contributed by atoms with Gasteiger partial charge < -0.3 is 10.5 Å². The van der Waals surface area contributed by atoms with Crippen LogP contribution in [0.2, 0.25) is 5.02 Å². The molecular formula is C12H15ClF3NOS. The van der Waals surface area contributed by atoms with Crippen LogP contribution in [-0.4, -0.2) is 23.9 Å². The van der Waals surface area contributed by atoms with Gasteiger partial charge in [0.05, 0.1) is 11.6 Å². The zero-order chi connectivity index (χ0) is 14.5. The number of ether oxygens (including phenoxy) is 1. The van der Waals surface area contributed by atoms with Crippen LogP contribution < -0.4 is 10.5 Å². The Bertz CT molecular complexity index is 412. The molecule has 2 N–H and O–H groups in total. The van der Waals surface area contributed by atoms with Gasteiger partial charge in [-0.2, -0.15) is 13.2 Å². The standard InChI is InChI=1S/C12H15ClF3NOS/c1-8(17)7-9-3-2-4-10(13)11(9)18-5-6-19-12(14,15)16/h2-4,8H,5-7,17H2,1H3. The molecular weight excluding hydrogens is 299 g/mol. The van der Waals surface area contributed by atoms with Crippen molar-refractivity contribution < 1.29 is 17.9 Å². The Kier molecular flexibility index (Phi) is 6.29. The molecule has 1 unspecified atom stereocenters. The van der Waals surface area contributed by atoms with Crippen molar-refractivity contribution in [1.82, 2.24) is 0 Å². The third kappa shape index (κ3) is 6.40. The van der Waals surface area contributed by atoms with E-state index in [0.717, 1.165) is 5.56 Å². The highest BCUT2D eigenvalue weighted by Crippen LogP contribution is 2.32. The summed E-state index contributed by atoms with van der Waals surface area (Å²) in [5, 5.41) is 0.384. The Labute approximate surface area is 119 Å². The normalized spacial score (nSPS) is 13.4. The van der Waals surface area contributed by atoms with Gasteiger partial charge in [-0.15, -0.1) is 0 Å². The SMILES string of the molecule is CC(N)Cc1cccc(Cl)c1OCCSC(F)(F)F. The Balaban J connectivity index is 2.61. The number of rotatable bonds is 6. The molecule has 0 aliphatic rings. The van der Waals surface area contributed by atoms with E-state index in [0.29, 0.717) is 17.2 Å². The lowest BCUT2D eigenvalue weighted by molar-refractivity contribution is -0.0329. The van der Waals surface area contributed by atoms with Gasteiger partial charge in [0, 0.05) is 11.8 Å². The fourth-order valence-electron chi connectivity index (χ4n) is 1.52. The van der Waals surface area contributed by atoms with Gasteiger partial charge in [0.15, 0.2) is 0 Å². The topological polar surface area (TPSA) is 35.2 Å². The second-order valence-corrected chi connectivity index (χ2v) is 5.62. The first-order valence-electron chi connectivity index (χ1n) is 5.66. The second kappa shape index (κ2) is 7.26. The van der Waals surface area contributed by atoms with E-state index in [1.807, 2.05) is 13.0 Å². The maximum absolute atomic E-state index is 12.0. The van der Waals surface area contributed by atoms with Crippen molar-refractivity contribution in [3.05, 3.63) is 28.8 Å². The Morgan fingerprint density at radius 3 is 2.68 bits per heavy atom. The molecule has 0 aliphatic carbocycles. The summed E-state index contributed by atoms with van der Waals surface area (Å²) in [6.07, 6.45) is 0.558. The summed E-state index contributed by atoms with van der Waals surface area (Å²) in [6.45, 7) is 1.78. The maximum Gasteiger partial charge on any atom is 0.441 e. The first kappa shape index (κ1) is 16.5. The van der Waals surface area contributed by atoms with E-state index in [4.69, 9.17) is 22.1 Å². The van der Waals surface area contributed by atoms with Crippen molar-refractivity contribution in [2.75, 3.05) is 12.4 Å². The minimum absolute atomic E-state index is 0.0557.